The third-order valence-corrected chi connectivity index (χ3v) is 7.72. The Bertz CT molecular complexity index is 1320. The molecule has 2 aliphatic heterocycles. The Morgan fingerprint density at radius 2 is 1.81 bits per heavy atom. The van der Waals surface area contributed by atoms with Crippen molar-refractivity contribution in [2.45, 2.75) is 51.1 Å². The lowest BCUT2D eigenvalue weighted by atomic mass is 9.76. The summed E-state index contributed by atoms with van der Waals surface area (Å²) >= 11 is 0. The Kier molecular flexibility index (Phi) is 6.77. The number of likely N-dealkylation sites (tertiary alicyclic amines) is 1. The number of rotatable bonds is 10. The number of carboxylic acids is 1. The van der Waals surface area contributed by atoms with Crippen molar-refractivity contribution in [2.75, 3.05) is 13.2 Å². The summed E-state index contributed by atoms with van der Waals surface area (Å²) in [6, 6.07) is 14.4. The largest absolute Gasteiger partial charge is 0.494 e. The fourth-order valence-electron chi connectivity index (χ4n) is 5.89. The van der Waals surface area contributed by atoms with Crippen molar-refractivity contribution >= 4 is 28.7 Å². The molecule has 2 aromatic carbocycles. The summed E-state index contributed by atoms with van der Waals surface area (Å²) < 4.78 is 5.70. The first-order valence-electron chi connectivity index (χ1n) is 13.0. The number of fused-ring (bicyclic) bond motifs is 2. The van der Waals surface area contributed by atoms with Crippen molar-refractivity contribution in [1.82, 2.24) is 15.2 Å². The molecule has 8 nitrogen and oxygen atoms in total. The van der Waals surface area contributed by atoms with Crippen LogP contribution < -0.4 is 10.1 Å². The minimum atomic E-state index is -1.63. The van der Waals surface area contributed by atoms with Gasteiger partial charge in [0.25, 0.3) is 0 Å². The van der Waals surface area contributed by atoms with Crippen LogP contribution in [-0.2, 0) is 20.8 Å². The molecule has 1 aromatic heterocycles. The first-order valence-corrected chi connectivity index (χ1v) is 13.0. The molecule has 37 heavy (non-hydrogen) atoms. The van der Waals surface area contributed by atoms with E-state index >= 15 is 0 Å². The minimum Gasteiger partial charge on any atom is -0.494 e. The van der Waals surface area contributed by atoms with Crippen molar-refractivity contribution in [3.05, 3.63) is 65.9 Å². The summed E-state index contributed by atoms with van der Waals surface area (Å²) in [6.07, 6.45) is 4.26. The van der Waals surface area contributed by atoms with E-state index in [0.717, 1.165) is 34.9 Å². The van der Waals surface area contributed by atoms with Gasteiger partial charge in [0.05, 0.1) is 18.4 Å². The van der Waals surface area contributed by atoms with Crippen LogP contribution in [0.5, 0.6) is 5.75 Å². The Labute approximate surface area is 216 Å². The summed E-state index contributed by atoms with van der Waals surface area (Å²) in [5, 5.41) is 14.9. The second-order valence-corrected chi connectivity index (χ2v) is 10.0. The zero-order chi connectivity index (χ0) is 26.2. The Morgan fingerprint density at radius 3 is 2.51 bits per heavy atom. The zero-order valence-electron chi connectivity index (χ0n) is 21.2. The van der Waals surface area contributed by atoms with Crippen molar-refractivity contribution in [1.29, 1.82) is 0 Å². The Balaban J connectivity index is 1.57. The second-order valence-electron chi connectivity index (χ2n) is 10.0. The number of carbonyl (C=O) groups is 3. The number of carbonyl (C=O) groups excluding carboxylic acids is 2. The van der Waals surface area contributed by atoms with Crippen molar-refractivity contribution in [3.63, 3.8) is 0 Å². The molecule has 3 aromatic rings. The normalized spacial score (nSPS) is 25.1. The van der Waals surface area contributed by atoms with E-state index in [4.69, 9.17) is 4.74 Å². The number of carboxylic acid groups (broad SMARTS) is 1. The van der Waals surface area contributed by atoms with E-state index in [1.165, 1.54) is 4.90 Å². The van der Waals surface area contributed by atoms with Crippen LogP contribution in [-0.4, -0.2) is 51.5 Å². The van der Waals surface area contributed by atoms with Crippen LogP contribution in [0.2, 0.25) is 0 Å². The third-order valence-electron chi connectivity index (χ3n) is 7.72. The number of amides is 2. The van der Waals surface area contributed by atoms with E-state index in [2.05, 4.69) is 10.3 Å². The van der Waals surface area contributed by atoms with Crippen LogP contribution in [0.4, 0.5) is 0 Å². The maximum absolute atomic E-state index is 13.7. The van der Waals surface area contributed by atoms with E-state index in [-0.39, 0.29) is 12.3 Å². The second kappa shape index (κ2) is 10.0. The van der Waals surface area contributed by atoms with Gasteiger partial charge in [-0.05, 0) is 42.2 Å². The van der Waals surface area contributed by atoms with E-state index in [1.54, 1.807) is 6.20 Å². The molecule has 2 saturated heterocycles. The molecule has 2 amide bonds. The van der Waals surface area contributed by atoms with Gasteiger partial charge in [-0.3, -0.25) is 24.6 Å². The standard InChI is InChI=1S/C29H33N3O5/c1-3-5-14-32-26(33)23-24(27(32)34)29(28(35)36,16-19-17-30-22-9-7-6-8-21(19)22)31-25(23)18-10-12-20(13-11-18)37-15-4-2/h6-13,17,23-25,30-31H,3-5,14-16H2,1-2H3,(H,35,36). The Morgan fingerprint density at radius 1 is 1.05 bits per heavy atom. The van der Waals surface area contributed by atoms with Crippen LogP contribution in [0, 0.1) is 11.8 Å². The Hall–Kier alpha value is -3.65. The number of hydrogen-bond donors (Lipinski definition) is 3. The molecule has 0 radical (unpaired) electrons. The van der Waals surface area contributed by atoms with Gasteiger partial charge in [0.15, 0.2) is 0 Å². The predicted molar refractivity (Wildman–Crippen MR) is 139 cm³/mol. The van der Waals surface area contributed by atoms with Gasteiger partial charge in [0, 0.05) is 36.1 Å². The van der Waals surface area contributed by atoms with Gasteiger partial charge in [-0.15, -0.1) is 0 Å². The van der Waals surface area contributed by atoms with Gasteiger partial charge in [0.2, 0.25) is 11.8 Å². The monoisotopic (exact) mass is 503 g/mol. The average molecular weight is 504 g/mol. The molecular weight excluding hydrogens is 470 g/mol. The number of benzene rings is 2. The van der Waals surface area contributed by atoms with E-state index in [0.29, 0.717) is 25.3 Å². The highest BCUT2D eigenvalue weighted by Gasteiger charge is 2.68. The van der Waals surface area contributed by atoms with Gasteiger partial charge < -0.3 is 14.8 Å². The predicted octanol–water partition coefficient (Wildman–Crippen LogP) is 4.07. The van der Waals surface area contributed by atoms with Gasteiger partial charge in [-0.1, -0.05) is 50.6 Å². The van der Waals surface area contributed by atoms with E-state index in [9.17, 15) is 19.5 Å². The SMILES string of the molecule is CCCCN1C(=O)C2C(c3ccc(OCCC)cc3)NC(Cc3c[nH]c4ccccc34)(C(=O)O)C2C1=O. The molecule has 0 aliphatic carbocycles. The highest BCUT2D eigenvalue weighted by atomic mass is 16.5. The van der Waals surface area contributed by atoms with E-state index in [1.807, 2.05) is 62.4 Å². The molecule has 3 N–H and O–H groups in total. The maximum atomic E-state index is 13.7. The summed E-state index contributed by atoms with van der Waals surface area (Å²) in [4.78, 5) is 45.0. The molecule has 2 aliphatic rings. The molecule has 0 saturated carbocycles. The van der Waals surface area contributed by atoms with E-state index < -0.39 is 35.3 Å². The number of aromatic nitrogens is 1. The average Bonchev–Trinajstić information content (AvgIpc) is 3.55. The molecule has 4 atom stereocenters. The molecule has 2 fully saturated rings. The smallest absolute Gasteiger partial charge is 0.325 e. The number of aromatic amines is 1. The first-order chi connectivity index (χ1) is 17.9. The quantitative estimate of drug-likeness (QED) is 0.360. The van der Waals surface area contributed by atoms with Crippen LogP contribution in [0.1, 0.15) is 50.3 Å². The molecule has 5 rings (SSSR count). The maximum Gasteiger partial charge on any atom is 0.325 e. The number of nitrogens with zero attached hydrogens (tertiary/aromatic N) is 1. The van der Waals surface area contributed by atoms with Crippen LogP contribution >= 0.6 is 0 Å². The van der Waals surface area contributed by atoms with Crippen LogP contribution in [0.3, 0.4) is 0 Å². The van der Waals surface area contributed by atoms with Gasteiger partial charge in [-0.25, -0.2) is 0 Å². The molecule has 194 valence electrons. The fourth-order valence-corrected chi connectivity index (χ4v) is 5.89. The summed E-state index contributed by atoms with van der Waals surface area (Å²) in [5.74, 6) is -2.92. The lowest BCUT2D eigenvalue weighted by molar-refractivity contribution is -0.151. The summed E-state index contributed by atoms with van der Waals surface area (Å²) in [7, 11) is 0. The lowest BCUT2D eigenvalue weighted by Crippen LogP contribution is -2.57. The number of unbranched alkanes of at least 4 members (excludes halogenated alkanes) is 1. The highest BCUT2D eigenvalue weighted by molar-refractivity contribution is 6.09. The highest BCUT2D eigenvalue weighted by Crippen LogP contribution is 2.50. The summed E-state index contributed by atoms with van der Waals surface area (Å²) in [5.41, 5.74) is 0.816. The van der Waals surface area contributed by atoms with Gasteiger partial charge in [-0.2, -0.15) is 0 Å². The van der Waals surface area contributed by atoms with Crippen molar-refractivity contribution in [3.8, 4) is 5.75 Å². The number of aliphatic carboxylic acids is 1. The van der Waals surface area contributed by atoms with Crippen molar-refractivity contribution < 1.29 is 24.2 Å². The topological polar surface area (TPSA) is 112 Å². The number of H-pyrrole nitrogens is 1. The van der Waals surface area contributed by atoms with Crippen LogP contribution in [0.15, 0.2) is 54.7 Å². The van der Waals surface area contributed by atoms with Gasteiger partial charge in [0.1, 0.15) is 11.3 Å². The number of para-hydroxylation sites is 1. The molecule has 0 spiro atoms. The number of ether oxygens (including phenoxy) is 1. The summed E-state index contributed by atoms with van der Waals surface area (Å²) in [6.45, 7) is 4.93. The van der Waals surface area contributed by atoms with Gasteiger partial charge >= 0.3 is 5.97 Å². The first kappa shape index (κ1) is 25.0. The fraction of sp³-hybridized carbons (Fsp3) is 0.414. The molecule has 3 heterocycles. The number of imide groups is 1. The number of nitrogens with one attached hydrogen (secondary N) is 2. The van der Waals surface area contributed by atoms with Crippen LogP contribution in [0.25, 0.3) is 10.9 Å². The molecule has 0 bridgehead atoms. The molecule has 4 unspecified atom stereocenters. The minimum absolute atomic E-state index is 0.0718. The lowest BCUT2D eigenvalue weighted by Gasteiger charge is -2.31. The molecular formula is C29H33N3O5. The number of hydrogen-bond acceptors (Lipinski definition) is 5. The van der Waals surface area contributed by atoms with Crippen molar-refractivity contribution in [2.24, 2.45) is 11.8 Å². The molecule has 8 heteroatoms. The third kappa shape index (κ3) is 4.19. The zero-order valence-corrected chi connectivity index (χ0v) is 21.2.